The number of para-hydroxylation sites is 1. The van der Waals surface area contributed by atoms with Crippen molar-refractivity contribution in [1.82, 2.24) is 9.13 Å². The Morgan fingerprint density at radius 2 is 1.91 bits per heavy atom. The first-order valence-electron chi connectivity index (χ1n) is 7.05. The predicted octanol–water partition coefficient (Wildman–Crippen LogP) is 0.565. The summed E-state index contributed by atoms with van der Waals surface area (Å²) in [5.41, 5.74) is -0.872. The summed E-state index contributed by atoms with van der Waals surface area (Å²) in [6.07, 6.45) is 1.21. The van der Waals surface area contributed by atoms with Gasteiger partial charge >= 0.3 is 5.69 Å². The molecule has 7 heteroatoms. The largest absolute Gasteiger partial charge is 0.331 e. The van der Waals surface area contributed by atoms with E-state index in [1.807, 2.05) is 6.07 Å². The van der Waals surface area contributed by atoms with Crippen LogP contribution in [0.25, 0.3) is 0 Å². The van der Waals surface area contributed by atoms with Crippen molar-refractivity contribution in [1.29, 1.82) is 5.26 Å². The van der Waals surface area contributed by atoms with E-state index in [0.717, 1.165) is 4.57 Å². The minimum atomic E-state index is -0.753. The van der Waals surface area contributed by atoms with Crippen LogP contribution in [0.15, 0.2) is 46.1 Å². The smallest absolute Gasteiger partial charge is 0.314 e. The predicted molar refractivity (Wildman–Crippen MR) is 85.2 cm³/mol. The van der Waals surface area contributed by atoms with Crippen LogP contribution in [0.2, 0.25) is 0 Å². The quantitative estimate of drug-likeness (QED) is 0.825. The van der Waals surface area contributed by atoms with E-state index in [4.69, 9.17) is 5.26 Å². The van der Waals surface area contributed by atoms with Gasteiger partial charge in [-0.3, -0.25) is 14.2 Å². The zero-order valence-corrected chi connectivity index (χ0v) is 12.9. The van der Waals surface area contributed by atoms with Crippen molar-refractivity contribution in [3.63, 3.8) is 0 Å². The third-order valence-corrected chi connectivity index (χ3v) is 3.51. The minimum Gasteiger partial charge on any atom is -0.314 e. The second-order valence-corrected chi connectivity index (χ2v) is 4.90. The minimum absolute atomic E-state index is 0.165. The first-order valence-corrected chi connectivity index (χ1v) is 7.05. The number of aryl methyl sites for hydroxylation is 1. The zero-order valence-electron chi connectivity index (χ0n) is 12.9. The third kappa shape index (κ3) is 3.21. The lowest BCUT2D eigenvalue weighted by Crippen LogP contribution is -2.44. The number of nitrogens with zero attached hydrogens (tertiary/aromatic N) is 4. The highest BCUT2D eigenvalue weighted by Gasteiger charge is 2.17. The van der Waals surface area contributed by atoms with Gasteiger partial charge in [0, 0.05) is 25.5 Å². The summed E-state index contributed by atoms with van der Waals surface area (Å²) in [6, 6.07) is 10.6. The van der Waals surface area contributed by atoms with Crippen LogP contribution >= 0.6 is 0 Å². The molecule has 118 valence electrons. The Balaban J connectivity index is 2.41. The van der Waals surface area contributed by atoms with E-state index in [1.54, 1.807) is 44.3 Å². The molecule has 0 aliphatic rings. The van der Waals surface area contributed by atoms with Gasteiger partial charge in [-0.2, -0.15) is 5.26 Å². The number of rotatable bonds is 4. The number of aromatic nitrogens is 2. The molecule has 0 atom stereocenters. The lowest BCUT2D eigenvalue weighted by atomic mass is 10.3. The normalized spacial score (nSPS) is 10.1. The SMILES string of the molecule is CCn1cc(C#N)c(=O)n(CC(=O)N(C)c2ccccc2)c1=O. The van der Waals surface area contributed by atoms with Gasteiger partial charge < -0.3 is 4.90 Å². The molecule has 2 aromatic rings. The molecule has 1 aromatic carbocycles. The van der Waals surface area contributed by atoms with E-state index in [0.29, 0.717) is 12.2 Å². The molecule has 2 rings (SSSR count). The number of benzene rings is 1. The van der Waals surface area contributed by atoms with Crippen LogP contribution in [0.1, 0.15) is 12.5 Å². The van der Waals surface area contributed by atoms with Crippen LogP contribution in [0.3, 0.4) is 0 Å². The summed E-state index contributed by atoms with van der Waals surface area (Å²) in [7, 11) is 1.56. The van der Waals surface area contributed by atoms with Crippen molar-refractivity contribution in [2.45, 2.75) is 20.0 Å². The maximum atomic E-state index is 12.4. The molecule has 7 nitrogen and oxygen atoms in total. The van der Waals surface area contributed by atoms with Crippen LogP contribution in [0.4, 0.5) is 5.69 Å². The number of amides is 1. The molecule has 0 saturated heterocycles. The number of carbonyl (C=O) groups excluding carboxylic acids is 1. The molecule has 0 radical (unpaired) electrons. The Bertz CT molecular complexity index is 875. The molecule has 1 aromatic heterocycles. The molecule has 0 aliphatic carbocycles. The first-order chi connectivity index (χ1) is 11.0. The van der Waals surface area contributed by atoms with Gasteiger partial charge in [-0.05, 0) is 19.1 Å². The van der Waals surface area contributed by atoms with Crippen molar-refractivity contribution in [2.75, 3.05) is 11.9 Å². The van der Waals surface area contributed by atoms with Crippen LogP contribution in [-0.4, -0.2) is 22.1 Å². The fraction of sp³-hybridized carbons (Fsp3) is 0.250. The highest BCUT2D eigenvalue weighted by atomic mass is 16.2. The summed E-state index contributed by atoms with van der Waals surface area (Å²) in [5.74, 6) is -0.423. The van der Waals surface area contributed by atoms with Gasteiger partial charge in [0.15, 0.2) is 0 Å². The van der Waals surface area contributed by atoms with E-state index in [1.165, 1.54) is 15.7 Å². The maximum absolute atomic E-state index is 12.4. The van der Waals surface area contributed by atoms with E-state index in [-0.39, 0.29) is 5.56 Å². The molecule has 23 heavy (non-hydrogen) atoms. The molecule has 0 spiro atoms. The van der Waals surface area contributed by atoms with E-state index >= 15 is 0 Å². The summed E-state index contributed by atoms with van der Waals surface area (Å²) < 4.78 is 2.03. The number of likely N-dealkylation sites (N-methyl/N-ethyl adjacent to an activating group) is 1. The van der Waals surface area contributed by atoms with Gasteiger partial charge in [0.1, 0.15) is 18.2 Å². The average molecular weight is 312 g/mol. The van der Waals surface area contributed by atoms with Crippen molar-refractivity contribution < 1.29 is 4.79 Å². The first kappa shape index (κ1) is 16.2. The average Bonchev–Trinajstić information content (AvgIpc) is 2.58. The van der Waals surface area contributed by atoms with Crippen molar-refractivity contribution in [3.8, 4) is 6.07 Å². The van der Waals surface area contributed by atoms with E-state index in [9.17, 15) is 14.4 Å². The summed E-state index contributed by atoms with van der Waals surface area (Å²) in [5, 5.41) is 9.00. The summed E-state index contributed by atoms with van der Waals surface area (Å²) >= 11 is 0. The topological polar surface area (TPSA) is 88.1 Å². The second kappa shape index (κ2) is 6.75. The monoisotopic (exact) mass is 312 g/mol. The maximum Gasteiger partial charge on any atom is 0.331 e. The molecule has 1 amide bonds. The number of nitriles is 1. The Morgan fingerprint density at radius 1 is 1.26 bits per heavy atom. The van der Waals surface area contributed by atoms with Gasteiger partial charge in [-0.15, -0.1) is 0 Å². The fourth-order valence-electron chi connectivity index (χ4n) is 2.13. The Morgan fingerprint density at radius 3 is 2.48 bits per heavy atom. The molecule has 0 saturated carbocycles. The van der Waals surface area contributed by atoms with Gasteiger partial charge in [0.2, 0.25) is 5.91 Å². The third-order valence-electron chi connectivity index (χ3n) is 3.51. The molecule has 0 unspecified atom stereocenters. The highest BCUT2D eigenvalue weighted by Crippen LogP contribution is 2.11. The molecule has 0 bridgehead atoms. The molecular weight excluding hydrogens is 296 g/mol. The molecular formula is C16H16N4O3. The Kier molecular flexibility index (Phi) is 4.76. The van der Waals surface area contributed by atoms with Crippen molar-refractivity contribution in [3.05, 3.63) is 62.9 Å². The van der Waals surface area contributed by atoms with E-state index in [2.05, 4.69) is 0 Å². The summed E-state index contributed by atoms with van der Waals surface area (Å²) in [6.45, 7) is 1.60. The Hall–Kier alpha value is -3.14. The molecule has 0 aliphatic heterocycles. The lowest BCUT2D eigenvalue weighted by Gasteiger charge is -2.18. The van der Waals surface area contributed by atoms with Crippen LogP contribution in [0.5, 0.6) is 0 Å². The second-order valence-electron chi connectivity index (χ2n) is 4.90. The van der Waals surface area contributed by atoms with Gasteiger partial charge in [0.25, 0.3) is 5.56 Å². The van der Waals surface area contributed by atoms with Gasteiger partial charge in [0.05, 0.1) is 0 Å². The number of hydrogen-bond acceptors (Lipinski definition) is 4. The Labute approximate surface area is 132 Å². The van der Waals surface area contributed by atoms with Crippen LogP contribution in [-0.2, 0) is 17.9 Å². The van der Waals surface area contributed by atoms with Gasteiger partial charge in [-0.25, -0.2) is 9.36 Å². The lowest BCUT2D eigenvalue weighted by molar-refractivity contribution is -0.119. The van der Waals surface area contributed by atoms with Crippen LogP contribution < -0.4 is 16.1 Å². The van der Waals surface area contributed by atoms with Crippen molar-refractivity contribution in [2.24, 2.45) is 0 Å². The molecule has 0 N–H and O–H groups in total. The van der Waals surface area contributed by atoms with Gasteiger partial charge in [-0.1, -0.05) is 18.2 Å². The standard InChI is InChI=1S/C16H16N4O3/c1-3-19-10-12(9-17)15(22)20(16(19)23)11-14(21)18(2)13-7-5-4-6-8-13/h4-8,10H,3,11H2,1-2H3. The fourth-order valence-corrected chi connectivity index (χ4v) is 2.13. The number of anilines is 1. The number of carbonyl (C=O) groups is 1. The van der Waals surface area contributed by atoms with E-state index < -0.39 is 23.7 Å². The molecule has 1 heterocycles. The van der Waals surface area contributed by atoms with Crippen molar-refractivity contribution >= 4 is 11.6 Å². The number of hydrogen-bond donors (Lipinski definition) is 0. The summed E-state index contributed by atoms with van der Waals surface area (Å²) in [4.78, 5) is 38.1. The highest BCUT2D eigenvalue weighted by molar-refractivity contribution is 5.92. The molecule has 0 fully saturated rings. The van der Waals surface area contributed by atoms with Crippen LogP contribution in [0, 0.1) is 11.3 Å². The zero-order chi connectivity index (χ0) is 17.0.